The molecule has 0 aromatic heterocycles. The summed E-state index contributed by atoms with van der Waals surface area (Å²) in [7, 11) is 1.68. The smallest absolute Gasteiger partial charge is 0.161 e. The third-order valence-corrected chi connectivity index (χ3v) is 5.03. The highest BCUT2D eigenvalue weighted by Crippen LogP contribution is 2.28. The van der Waals surface area contributed by atoms with Crippen LogP contribution in [0.4, 0.5) is 0 Å². The van der Waals surface area contributed by atoms with E-state index in [1.54, 1.807) is 7.11 Å². The normalized spacial score (nSPS) is 15.9. The zero-order chi connectivity index (χ0) is 19.6. The van der Waals surface area contributed by atoms with Gasteiger partial charge in [0.15, 0.2) is 11.5 Å². The molecule has 152 valence electrons. The molecular formula is C23H32N2O3. The van der Waals surface area contributed by atoms with Crippen molar-refractivity contribution in [3.63, 3.8) is 0 Å². The number of morpholine rings is 1. The van der Waals surface area contributed by atoms with Crippen molar-refractivity contribution in [3.05, 3.63) is 59.7 Å². The average molecular weight is 385 g/mol. The van der Waals surface area contributed by atoms with Crippen LogP contribution in [0.15, 0.2) is 48.5 Å². The molecule has 0 bridgehead atoms. The highest BCUT2D eigenvalue weighted by molar-refractivity contribution is 5.43. The lowest BCUT2D eigenvalue weighted by atomic mass is 10.0. The fraction of sp³-hybridized carbons (Fsp3) is 0.478. The Labute approximate surface area is 168 Å². The van der Waals surface area contributed by atoms with Gasteiger partial charge in [-0.25, -0.2) is 0 Å². The zero-order valence-electron chi connectivity index (χ0n) is 17.0. The van der Waals surface area contributed by atoms with E-state index >= 15 is 0 Å². The Morgan fingerprint density at radius 3 is 2.57 bits per heavy atom. The van der Waals surface area contributed by atoms with Crippen molar-refractivity contribution in [1.82, 2.24) is 10.2 Å². The van der Waals surface area contributed by atoms with E-state index in [9.17, 15) is 0 Å². The van der Waals surface area contributed by atoms with Gasteiger partial charge in [0.05, 0.1) is 26.9 Å². The van der Waals surface area contributed by atoms with Gasteiger partial charge < -0.3 is 19.5 Å². The van der Waals surface area contributed by atoms with Gasteiger partial charge in [0, 0.05) is 32.2 Å². The standard InChI is InChI=1S/C23H32N2O3/c1-3-13-28-23-16-19(9-10-22(23)26-2)17-24-18-21(20-7-5-4-6-8-20)25-11-14-27-15-12-25/h4-10,16,21,24H,3,11-15,17-18H2,1-2H3. The van der Waals surface area contributed by atoms with Crippen molar-refractivity contribution in [2.45, 2.75) is 25.9 Å². The molecule has 0 radical (unpaired) electrons. The van der Waals surface area contributed by atoms with Crippen LogP contribution in [0.5, 0.6) is 11.5 Å². The molecule has 1 fully saturated rings. The van der Waals surface area contributed by atoms with Crippen molar-refractivity contribution in [1.29, 1.82) is 0 Å². The van der Waals surface area contributed by atoms with Crippen molar-refractivity contribution in [3.8, 4) is 11.5 Å². The molecule has 0 saturated carbocycles. The van der Waals surface area contributed by atoms with Crippen LogP contribution in [-0.4, -0.2) is 51.5 Å². The molecule has 2 aromatic rings. The van der Waals surface area contributed by atoms with Gasteiger partial charge in [-0.15, -0.1) is 0 Å². The Balaban J connectivity index is 1.63. The maximum Gasteiger partial charge on any atom is 0.161 e. The van der Waals surface area contributed by atoms with Crippen LogP contribution in [-0.2, 0) is 11.3 Å². The van der Waals surface area contributed by atoms with E-state index in [4.69, 9.17) is 14.2 Å². The van der Waals surface area contributed by atoms with Crippen molar-refractivity contribution in [2.75, 3.05) is 46.6 Å². The molecule has 1 unspecified atom stereocenters. The maximum absolute atomic E-state index is 5.83. The first-order chi connectivity index (χ1) is 13.8. The molecule has 2 aromatic carbocycles. The highest BCUT2D eigenvalue weighted by Gasteiger charge is 2.22. The monoisotopic (exact) mass is 384 g/mol. The van der Waals surface area contributed by atoms with Gasteiger partial charge in [0.1, 0.15) is 0 Å². The van der Waals surface area contributed by atoms with Crippen LogP contribution in [0.1, 0.15) is 30.5 Å². The van der Waals surface area contributed by atoms with Crippen LogP contribution >= 0.6 is 0 Å². The van der Waals surface area contributed by atoms with E-state index in [1.165, 1.54) is 11.1 Å². The molecule has 28 heavy (non-hydrogen) atoms. The van der Waals surface area contributed by atoms with Crippen molar-refractivity contribution < 1.29 is 14.2 Å². The molecular weight excluding hydrogens is 352 g/mol. The molecule has 5 heteroatoms. The van der Waals surface area contributed by atoms with Crippen molar-refractivity contribution >= 4 is 0 Å². The number of rotatable bonds is 10. The minimum absolute atomic E-state index is 0.346. The number of nitrogens with one attached hydrogen (secondary N) is 1. The summed E-state index contributed by atoms with van der Waals surface area (Å²) in [6, 6.07) is 17.2. The van der Waals surface area contributed by atoms with Crippen LogP contribution in [0, 0.1) is 0 Å². The third-order valence-electron chi connectivity index (χ3n) is 5.03. The second-order valence-corrected chi connectivity index (χ2v) is 7.04. The van der Waals surface area contributed by atoms with Gasteiger partial charge in [-0.2, -0.15) is 0 Å². The number of nitrogens with zero attached hydrogens (tertiary/aromatic N) is 1. The molecule has 0 spiro atoms. The van der Waals surface area contributed by atoms with Crippen LogP contribution < -0.4 is 14.8 Å². The van der Waals surface area contributed by atoms with Gasteiger partial charge in [-0.1, -0.05) is 43.3 Å². The van der Waals surface area contributed by atoms with Gasteiger partial charge in [0.2, 0.25) is 0 Å². The van der Waals surface area contributed by atoms with E-state index in [0.717, 1.165) is 57.3 Å². The second-order valence-electron chi connectivity index (χ2n) is 7.04. The van der Waals surface area contributed by atoms with E-state index in [1.807, 2.05) is 6.07 Å². The number of ether oxygens (including phenoxy) is 3. The topological polar surface area (TPSA) is 43.0 Å². The van der Waals surface area contributed by atoms with Crippen LogP contribution in [0.2, 0.25) is 0 Å². The molecule has 1 aliphatic heterocycles. The first-order valence-corrected chi connectivity index (χ1v) is 10.2. The summed E-state index contributed by atoms with van der Waals surface area (Å²) in [5.41, 5.74) is 2.54. The summed E-state index contributed by atoms with van der Waals surface area (Å²) in [6.45, 7) is 8.03. The Morgan fingerprint density at radius 2 is 1.86 bits per heavy atom. The number of benzene rings is 2. The fourth-order valence-electron chi connectivity index (χ4n) is 3.53. The first-order valence-electron chi connectivity index (χ1n) is 10.2. The van der Waals surface area contributed by atoms with Gasteiger partial charge in [-0.05, 0) is 29.7 Å². The van der Waals surface area contributed by atoms with E-state index in [0.29, 0.717) is 12.6 Å². The Hall–Kier alpha value is -2.08. The summed E-state index contributed by atoms with van der Waals surface area (Å²) in [5.74, 6) is 1.60. The van der Waals surface area contributed by atoms with Crippen molar-refractivity contribution in [2.24, 2.45) is 0 Å². The number of methoxy groups -OCH3 is 1. The molecule has 1 aliphatic rings. The summed E-state index contributed by atoms with van der Waals surface area (Å²) in [5, 5.41) is 3.64. The Kier molecular flexibility index (Phi) is 8.15. The lowest BCUT2D eigenvalue weighted by molar-refractivity contribution is 0.0161. The molecule has 5 nitrogen and oxygen atoms in total. The summed E-state index contributed by atoms with van der Waals surface area (Å²) in [4.78, 5) is 2.51. The van der Waals surface area contributed by atoms with E-state index in [2.05, 4.69) is 59.6 Å². The molecule has 1 saturated heterocycles. The number of hydrogen-bond donors (Lipinski definition) is 1. The molecule has 0 aliphatic carbocycles. The highest BCUT2D eigenvalue weighted by atomic mass is 16.5. The van der Waals surface area contributed by atoms with Gasteiger partial charge in [-0.3, -0.25) is 4.90 Å². The third kappa shape index (κ3) is 5.71. The van der Waals surface area contributed by atoms with Gasteiger partial charge >= 0.3 is 0 Å². The zero-order valence-corrected chi connectivity index (χ0v) is 17.0. The quantitative estimate of drug-likeness (QED) is 0.677. The average Bonchev–Trinajstić information content (AvgIpc) is 2.76. The maximum atomic E-state index is 5.83. The predicted octanol–water partition coefficient (Wildman–Crippen LogP) is 3.65. The van der Waals surface area contributed by atoms with E-state index in [-0.39, 0.29) is 0 Å². The Morgan fingerprint density at radius 1 is 1.07 bits per heavy atom. The summed E-state index contributed by atoms with van der Waals surface area (Å²) in [6.07, 6.45) is 0.976. The van der Waals surface area contributed by atoms with E-state index < -0.39 is 0 Å². The van der Waals surface area contributed by atoms with Crippen LogP contribution in [0.25, 0.3) is 0 Å². The summed E-state index contributed by atoms with van der Waals surface area (Å²) < 4.78 is 16.8. The molecule has 0 amide bonds. The second kappa shape index (κ2) is 11.1. The van der Waals surface area contributed by atoms with Crippen LogP contribution in [0.3, 0.4) is 0 Å². The SMILES string of the molecule is CCCOc1cc(CNCC(c2ccccc2)N2CCOCC2)ccc1OC. The largest absolute Gasteiger partial charge is 0.493 e. The lowest BCUT2D eigenvalue weighted by Crippen LogP contribution is -2.42. The molecule has 3 rings (SSSR count). The summed E-state index contributed by atoms with van der Waals surface area (Å²) >= 11 is 0. The predicted molar refractivity (Wildman–Crippen MR) is 112 cm³/mol. The Bertz CT molecular complexity index is 702. The fourth-order valence-corrected chi connectivity index (χ4v) is 3.53. The molecule has 1 N–H and O–H groups in total. The minimum atomic E-state index is 0.346. The molecule has 1 heterocycles. The minimum Gasteiger partial charge on any atom is -0.493 e. The lowest BCUT2D eigenvalue weighted by Gasteiger charge is -2.35. The first kappa shape index (κ1) is 20.6. The molecule has 1 atom stereocenters. The number of hydrogen-bond acceptors (Lipinski definition) is 5. The van der Waals surface area contributed by atoms with Gasteiger partial charge in [0.25, 0.3) is 0 Å².